The van der Waals surface area contributed by atoms with Crippen LogP contribution in [0.2, 0.25) is 10.0 Å². The molecule has 0 bridgehead atoms. The molecule has 0 radical (unpaired) electrons. The van der Waals surface area contributed by atoms with E-state index in [0.29, 0.717) is 48.5 Å². The quantitative estimate of drug-likeness (QED) is 0.331. The third-order valence-corrected chi connectivity index (χ3v) is 5.94. The molecule has 2 aromatic carbocycles. The van der Waals surface area contributed by atoms with Gasteiger partial charge < -0.3 is 10.2 Å². The van der Waals surface area contributed by atoms with Gasteiger partial charge in [0.05, 0.1) is 21.3 Å². The van der Waals surface area contributed by atoms with E-state index >= 15 is 0 Å². The molecule has 0 amide bonds. The number of rotatable bonds is 4. The summed E-state index contributed by atoms with van der Waals surface area (Å²) in [7, 11) is 1.71. The third-order valence-electron chi connectivity index (χ3n) is 4.45. The number of nitrogens with one attached hydrogen (secondary N) is 1. The first-order valence-electron chi connectivity index (χ1n) is 8.90. The van der Waals surface area contributed by atoms with Crippen LogP contribution >= 0.6 is 34.5 Å². The van der Waals surface area contributed by atoms with Crippen molar-refractivity contribution in [2.75, 3.05) is 17.3 Å². The number of aromatic nitrogens is 3. The number of thiazole rings is 1. The van der Waals surface area contributed by atoms with E-state index in [1.165, 1.54) is 23.5 Å². The predicted molar refractivity (Wildman–Crippen MR) is 119 cm³/mol. The maximum absolute atomic E-state index is 12.9. The molecule has 5 nitrogen and oxygen atoms in total. The van der Waals surface area contributed by atoms with Crippen LogP contribution in [0.15, 0.2) is 42.5 Å². The lowest BCUT2D eigenvalue weighted by Crippen LogP contribution is -2.13. The van der Waals surface area contributed by atoms with Gasteiger partial charge in [0.25, 0.3) is 0 Å². The topological polar surface area (TPSA) is 53.9 Å². The zero-order valence-corrected chi connectivity index (χ0v) is 18.5. The summed E-state index contributed by atoms with van der Waals surface area (Å²) in [5.41, 5.74) is 0.838. The van der Waals surface area contributed by atoms with Gasteiger partial charge in [0, 0.05) is 12.7 Å². The van der Waals surface area contributed by atoms with Crippen molar-refractivity contribution in [3.8, 4) is 0 Å². The highest BCUT2D eigenvalue weighted by molar-refractivity contribution is 7.21. The monoisotopic (exact) mass is 483 g/mol. The van der Waals surface area contributed by atoms with Gasteiger partial charge in [-0.15, -0.1) is 0 Å². The first-order valence-corrected chi connectivity index (χ1v) is 10.5. The maximum Gasteiger partial charge on any atom is 0.416 e. The van der Waals surface area contributed by atoms with Crippen molar-refractivity contribution in [2.45, 2.75) is 13.1 Å². The Morgan fingerprint density at radius 2 is 1.61 bits per heavy atom. The first kappa shape index (κ1) is 21.6. The fourth-order valence-electron chi connectivity index (χ4n) is 2.92. The van der Waals surface area contributed by atoms with Crippen LogP contribution < -0.4 is 10.2 Å². The van der Waals surface area contributed by atoms with E-state index in [1.807, 2.05) is 0 Å². The van der Waals surface area contributed by atoms with Crippen LogP contribution in [0.5, 0.6) is 0 Å². The van der Waals surface area contributed by atoms with Gasteiger partial charge in [-0.3, -0.25) is 0 Å². The molecule has 0 fully saturated rings. The minimum Gasteiger partial charge on any atom is -0.329 e. The molecule has 2 heterocycles. The Balaban J connectivity index is 1.73. The molecule has 0 saturated heterocycles. The van der Waals surface area contributed by atoms with E-state index in [1.54, 1.807) is 37.1 Å². The Hall–Kier alpha value is -2.62. The molecule has 0 atom stereocenters. The molecule has 2 aromatic heterocycles. The molecular weight excluding hydrogens is 470 g/mol. The van der Waals surface area contributed by atoms with Gasteiger partial charge in [0.15, 0.2) is 15.8 Å². The number of halogens is 5. The molecular formula is C20H14Cl2F3N5S. The van der Waals surface area contributed by atoms with Gasteiger partial charge in [0.2, 0.25) is 0 Å². The van der Waals surface area contributed by atoms with Crippen LogP contribution in [0.1, 0.15) is 11.4 Å². The van der Waals surface area contributed by atoms with E-state index < -0.39 is 11.7 Å². The standard InChI is InChI=1S/C20H14Cl2F3N5S/c1-10-26-17(30(2)12-8-6-11(7-9-12)20(23,24)25)16-18(27-10)31-19(29-16)28-15-13(21)4-3-5-14(15)22/h3-9H,1-2H3,(H,28,29). The summed E-state index contributed by atoms with van der Waals surface area (Å²) in [4.78, 5) is 15.8. The number of hydrogen-bond donors (Lipinski definition) is 1. The Morgan fingerprint density at radius 1 is 0.968 bits per heavy atom. The normalized spacial score (nSPS) is 11.7. The van der Waals surface area contributed by atoms with Gasteiger partial charge in [-0.1, -0.05) is 40.6 Å². The summed E-state index contributed by atoms with van der Waals surface area (Å²) in [6.45, 7) is 1.74. The van der Waals surface area contributed by atoms with E-state index in [9.17, 15) is 13.2 Å². The minimum atomic E-state index is -4.40. The average molecular weight is 484 g/mol. The van der Waals surface area contributed by atoms with E-state index in [0.717, 1.165) is 12.1 Å². The Labute approximate surface area is 189 Å². The van der Waals surface area contributed by atoms with Crippen LogP contribution in [-0.2, 0) is 6.18 Å². The highest BCUT2D eigenvalue weighted by atomic mass is 35.5. The lowest BCUT2D eigenvalue weighted by Gasteiger charge is -2.19. The van der Waals surface area contributed by atoms with Gasteiger partial charge in [0.1, 0.15) is 11.3 Å². The van der Waals surface area contributed by atoms with Gasteiger partial charge in [-0.25, -0.2) is 15.0 Å². The van der Waals surface area contributed by atoms with Crippen LogP contribution in [0.25, 0.3) is 10.3 Å². The molecule has 0 aliphatic rings. The number of alkyl halides is 3. The fourth-order valence-corrected chi connectivity index (χ4v) is 4.30. The predicted octanol–water partition coefficient (Wildman–Crippen LogP) is 7.23. The zero-order chi connectivity index (χ0) is 22.3. The van der Waals surface area contributed by atoms with Crippen LogP contribution in [-0.4, -0.2) is 22.0 Å². The van der Waals surface area contributed by atoms with Gasteiger partial charge >= 0.3 is 6.18 Å². The highest BCUT2D eigenvalue weighted by Gasteiger charge is 2.30. The van der Waals surface area contributed by atoms with Crippen molar-refractivity contribution < 1.29 is 13.2 Å². The molecule has 11 heteroatoms. The summed E-state index contributed by atoms with van der Waals surface area (Å²) >= 11 is 13.7. The second-order valence-electron chi connectivity index (χ2n) is 6.59. The Morgan fingerprint density at radius 3 is 2.23 bits per heavy atom. The minimum absolute atomic E-state index is 0.441. The van der Waals surface area contributed by atoms with Crippen molar-refractivity contribution in [3.05, 3.63) is 63.9 Å². The van der Waals surface area contributed by atoms with Crippen molar-refractivity contribution in [1.82, 2.24) is 15.0 Å². The molecule has 160 valence electrons. The second kappa shape index (κ2) is 8.14. The molecule has 1 N–H and O–H groups in total. The number of nitrogens with zero attached hydrogens (tertiary/aromatic N) is 4. The highest BCUT2D eigenvalue weighted by Crippen LogP contribution is 2.38. The molecule has 4 rings (SSSR count). The Bertz CT molecular complexity index is 1240. The van der Waals surface area contributed by atoms with Crippen molar-refractivity contribution in [2.24, 2.45) is 0 Å². The second-order valence-corrected chi connectivity index (χ2v) is 8.38. The van der Waals surface area contributed by atoms with Crippen molar-refractivity contribution in [1.29, 1.82) is 0 Å². The number of para-hydroxylation sites is 1. The van der Waals surface area contributed by atoms with E-state index in [4.69, 9.17) is 23.2 Å². The zero-order valence-electron chi connectivity index (χ0n) is 16.1. The molecule has 0 spiro atoms. The van der Waals surface area contributed by atoms with Crippen LogP contribution in [0, 0.1) is 6.92 Å². The molecule has 0 aliphatic heterocycles. The average Bonchev–Trinajstić information content (AvgIpc) is 3.11. The first-order chi connectivity index (χ1) is 14.6. The number of hydrogen-bond acceptors (Lipinski definition) is 6. The van der Waals surface area contributed by atoms with Crippen molar-refractivity contribution >= 4 is 67.2 Å². The number of anilines is 4. The smallest absolute Gasteiger partial charge is 0.329 e. The third kappa shape index (κ3) is 4.39. The van der Waals surface area contributed by atoms with Crippen molar-refractivity contribution in [3.63, 3.8) is 0 Å². The summed E-state index contributed by atoms with van der Waals surface area (Å²) in [6.07, 6.45) is -4.40. The fraction of sp³-hybridized carbons (Fsp3) is 0.150. The Kier molecular flexibility index (Phi) is 5.67. The molecule has 4 aromatic rings. The number of benzene rings is 2. The molecule has 0 saturated carbocycles. The van der Waals surface area contributed by atoms with Gasteiger partial charge in [-0.05, 0) is 43.3 Å². The summed E-state index contributed by atoms with van der Waals surface area (Å²) in [6, 6.07) is 9.99. The number of fused-ring (bicyclic) bond motifs is 1. The van der Waals surface area contributed by atoms with E-state index in [2.05, 4.69) is 20.3 Å². The summed E-state index contributed by atoms with van der Waals surface area (Å²) < 4.78 is 38.6. The lowest BCUT2D eigenvalue weighted by atomic mass is 10.2. The van der Waals surface area contributed by atoms with Gasteiger partial charge in [-0.2, -0.15) is 13.2 Å². The maximum atomic E-state index is 12.9. The molecule has 0 aliphatic carbocycles. The van der Waals surface area contributed by atoms with E-state index in [-0.39, 0.29) is 0 Å². The number of aryl methyl sites for hydroxylation is 1. The largest absolute Gasteiger partial charge is 0.416 e. The lowest BCUT2D eigenvalue weighted by molar-refractivity contribution is -0.137. The van der Waals surface area contributed by atoms with Crippen LogP contribution in [0.4, 0.5) is 35.5 Å². The molecule has 0 unspecified atom stereocenters. The summed E-state index contributed by atoms with van der Waals surface area (Å²) in [5, 5.41) is 4.50. The SMILES string of the molecule is Cc1nc(N(C)c2ccc(C(F)(F)F)cc2)c2nc(Nc3c(Cl)cccc3Cl)sc2n1. The summed E-state index contributed by atoms with van der Waals surface area (Å²) in [5.74, 6) is 0.976. The van der Waals surface area contributed by atoms with Crippen LogP contribution in [0.3, 0.4) is 0 Å². The molecule has 31 heavy (non-hydrogen) atoms.